The minimum absolute atomic E-state index is 0.0400. The number of halogens is 4. The molecule has 1 rings (SSSR count). The van der Waals surface area contributed by atoms with Crippen LogP contribution in [0.2, 0.25) is 0 Å². The van der Waals surface area contributed by atoms with Gasteiger partial charge in [0.25, 0.3) is 5.91 Å². The van der Waals surface area contributed by atoms with Crippen LogP contribution < -0.4 is 11.1 Å². The van der Waals surface area contributed by atoms with Gasteiger partial charge in [0.2, 0.25) is 0 Å². The van der Waals surface area contributed by atoms with Gasteiger partial charge in [-0.05, 0) is 47.1 Å². The first-order valence-corrected chi connectivity index (χ1v) is 6.00. The van der Waals surface area contributed by atoms with Gasteiger partial charge in [0.15, 0.2) is 0 Å². The molecule has 18 heavy (non-hydrogen) atoms. The maximum Gasteiger partial charge on any atom is 0.416 e. The first kappa shape index (κ1) is 15.0. The van der Waals surface area contributed by atoms with Gasteiger partial charge in [0.05, 0.1) is 11.1 Å². The average Bonchev–Trinajstić information content (AvgIpc) is 2.28. The quantitative estimate of drug-likeness (QED) is 0.836. The van der Waals surface area contributed by atoms with Crippen LogP contribution in [0.3, 0.4) is 0 Å². The Morgan fingerprint density at radius 3 is 2.61 bits per heavy atom. The van der Waals surface area contributed by atoms with E-state index in [9.17, 15) is 18.0 Å². The summed E-state index contributed by atoms with van der Waals surface area (Å²) in [5, 5.41) is 2.50. The Balaban J connectivity index is 2.90. The number of amides is 1. The zero-order chi connectivity index (χ0) is 13.8. The van der Waals surface area contributed by atoms with E-state index in [1.54, 1.807) is 0 Å². The molecular formula is C11H12BrF3N2O. The van der Waals surface area contributed by atoms with Crippen LogP contribution in [0, 0.1) is 0 Å². The second kappa shape index (κ2) is 6.19. The zero-order valence-electron chi connectivity index (χ0n) is 9.35. The fraction of sp³-hybridized carbons (Fsp3) is 0.364. The summed E-state index contributed by atoms with van der Waals surface area (Å²) in [6.45, 7) is 0.738. The maximum absolute atomic E-state index is 12.5. The standard InChI is InChI=1S/C11H12BrF3N2O/c12-9-3-2-7(11(13,14)15)6-8(9)10(18)17-5-1-4-16/h2-3,6H,1,4-5,16H2,(H,17,18). The summed E-state index contributed by atoms with van der Waals surface area (Å²) in [6, 6.07) is 2.95. The molecule has 0 atom stereocenters. The Morgan fingerprint density at radius 2 is 2.06 bits per heavy atom. The van der Waals surface area contributed by atoms with E-state index < -0.39 is 17.6 Å². The highest BCUT2D eigenvalue weighted by Crippen LogP contribution is 2.31. The van der Waals surface area contributed by atoms with Crippen molar-refractivity contribution in [1.29, 1.82) is 0 Å². The van der Waals surface area contributed by atoms with Crippen molar-refractivity contribution >= 4 is 21.8 Å². The molecule has 3 N–H and O–H groups in total. The van der Waals surface area contributed by atoms with Gasteiger partial charge in [-0.25, -0.2) is 0 Å². The van der Waals surface area contributed by atoms with E-state index in [1.807, 2.05) is 0 Å². The van der Waals surface area contributed by atoms with Crippen LogP contribution in [0.1, 0.15) is 22.3 Å². The summed E-state index contributed by atoms with van der Waals surface area (Å²) in [5.41, 5.74) is 4.36. The topological polar surface area (TPSA) is 55.1 Å². The van der Waals surface area contributed by atoms with Crippen LogP contribution in [0.15, 0.2) is 22.7 Å². The minimum Gasteiger partial charge on any atom is -0.352 e. The van der Waals surface area contributed by atoms with E-state index in [0.29, 0.717) is 24.0 Å². The zero-order valence-corrected chi connectivity index (χ0v) is 10.9. The summed E-state index contributed by atoms with van der Waals surface area (Å²) in [7, 11) is 0. The molecule has 0 aliphatic heterocycles. The van der Waals surface area contributed by atoms with Crippen LogP contribution in [0.5, 0.6) is 0 Å². The normalized spacial score (nSPS) is 11.4. The molecule has 0 aliphatic rings. The highest BCUT2D eigenvalue weighted by molar-refractivity contribution is 9.10. The highest BCUT2D eigenvalue weighted by Gasteiger charge is 2.31. The molecule has 100 valence electrons. The van der Waals surface area contributed by atoms with E-state index in [0.717, 1.165) is 12.1 Å². The molecule has 0 fully saturated rings. The number of nitrogens with two attached hydrogens (primary N) is 1. The fourth-order valence-corrected chi connectivity index (χ4v) is 1.70. The maximum atomic E-state index is 12.5. The Bertz CT molecular complexity index is 435. The summed E-state index contributed by atoms with van der Waals surface area (Å²) >= 11 is 3.05. The summed E-state index contributed by atoms with van der Waals surface area (Å²) < 4.78 is 37.8. The number of nitrogens with one attached hydrogen (secondary N) is 1. The fourth-order valence-electron chi connectivity index (χ4n) is 1.27. The van der Waals surface area contributed by atoms with E-state index in [2.05, 4.69) is 21.2 Å². The lowest BCUT2D eigenvalue weighted by atomic mass is 10.1. The van der Waals surface area contributed by atoms with Crippen LogP contribution in [0.4, 0.5) is 13.2 Å². The second-order valence-electron chi connectivity index (χ2n) is 3.59. The molecule has 0 radical (unpaired) electrons. The molecular weight excluding hydrogens is 313 g/mol. The lowest BCUT2D eigenvalue weighted by molar-refractivity contribution is -0.137. The molecule has 1 aromatic carbocycles. The van der Waals surface area contributed by atoms with Gasteiger partial charge in [0.1, 0.15) is 0 Å². The van der Waals surface area contributed by atoms with Crippen LogP contribution in [0.25, 0.3) is 0 Å². The lowest BCUT2D eigenvalue weighted by Gasteiger charge is -2.10. The van der Waals surface area contributed by atoms with Crippen LogP contribution in [-0.4, -0.2) is 19.0 Å². The number of hydrogen-bond donors (Lipinski definition) is 2. The van der Waals surface area contributed by atoms with Crippen molar-refractivity contribution in [3.8, 4) is 0 Å². The van der Waals surface area contributed by atoms with Crippen LogP contribution >= 0.6 is 15.9 Å². The van der Waals surface area contributed by atoms with Gasteiger partial charge in [-0.1, -0.05) is 0 Å². The third-order valence-electron chi connectivity index (χ3n) is 2.20. The Hall–Kier alpha value is -1.08. The number of alkyl halides is 3. The molecule has 0 saturated carbocycles. The SMILES string of the molecule is NCCCNC(=O)c1cc(C(F)(F)F)ccc1Br. The van der Waals surface area contributed by atoms with Gasteiger partial charge < -0.3 is 11.1 Å². The molecule has 0 heterocycles. The van der Waals surface area contributed by atoms with Crippen molar-refractivity contribution in [2.45, 2.75) is 12.6 Å². The Kier molecular flexibility index (Phi) is 5.15. The summed E-state index contributed by atoms with van der Waals surface area (Å²) in [6.07, 6.45) is -3.89. The third kappa shape index (κ3) is 3.99. The van der Waals surface area contributed by atoms with Gasteiger partial charge >= 0.3 is 6.18 Å². The number of benzene rings is 1. The lowest BCUT2D eigenvalue weighted by Crippen LogP contribution is -2.26. The summed E-state index contributed by atoms with van der Waals surface area (Å²) in [4.78, 5) is 11.7. The van der Waals surface area contributed by atoms with Crippen molar-refractivity contribution in [3.63, 3.8) is 0 Å². The molecule has 0 aromatic heterocycles. The van der Waals surface area contributed by atoms with E-state index >= 15 is 0 Å². The van der Waals surface area contributed by atoms with Crippen molar-refractivity contribution in [3.05, 3.63) is 33.8 Å². The molecule has 0 unspecified atom stereocenters. The Labute approximate surface area is 111 Å². The van der Waals surface area contributed by atoms with Gasteiger partial charge in [-0.3, -0.25) is 4.79 Å². The first-order valence-electron chi connectivity index (χ1n) is 5.21. The van der Waals surface area contributed by atoms with Crippen molar-refractivity contribution < 1.29 is 18.0 Å². The van der Waals surface area contributed by atoms with E-state index in [1.165, 1.54) is 6.07 Å². The van der Waals surface area contributed by atoms with E-state index in [-0.39, 0.29) is 5.56 Å². The molecule has 0 aliphatic carbocycles. The first-order chi connectivity index (χ1) is 8.36. The van der Waals surface area contributed by atoms with Crippen molar-refractivity contribution in [2.24, 2.45) is 5.73 Å². The molecule has 0 bridgehead atoms. The van der Waals surface area contributed by atoms with Crippen LogP contribution in [-0.2, 0) is 6.18 Å². The molecule has 7 heteroatoms. The predicted molar refractivity (Wildman–Crippen MR) is 65.1 cm³/mol. The number of carbonyl (C=O) groups is 1. The molecule has 1 amide bonds. The molecule has 3 nitrogen and oxygen atoms in total. The molecule has 1 aromatic rings. The van der Waals surface area contributed by atoms with Crippen molar-refractivity contribution in [2.75, 3.05) is 13.1 Å². The van der Waals surface area contributed by atoms with Gasteiger partial charge in [-0.15, -0.1) is 0 Å². The van der Waals surface area contributed by atoms with E-state index in [4.69, 9.17) is 5.73 Å². The van der Waals surface area contributed by atoms with Crippen molar-refractivity contribution in [1.82, 2.24) is 5.32 Å². The monoisotopic (exact) mass is 324 g/mol. The Morgan fingerprint density at radius 1 is 1.39 bits per heavy atom. The largest absolute Gasteiger partial charge is 0.416 e. The average molecular weight is 325 g/mol. The van der Waals surface area contributed by atoms with Gasteiger partial charge in [0, 0.05) is 11.0 Å². The smallest absolute Gasteiger partial charge is 0.352 e. The number of rotatable bonds is 4. The predicted octanol–water partition coefficient (Wildman–Crippen LogP) is 2.55. The second-order valence-corrected chi connectivity index (χ2v) is 4.44. The van der Waals surface area contributed by atoms with Gasteiger partial charge in [-0.2, -0.15) is 13.2 Å². The molecule has 0 spiro atoms. The number of hydrogen-bond acceptors (Lipinski definition) is 2. The third-order valence-corrected chi connectivity index (χ3v) is 2.90. The molecule has 0 saturated heterocycles. The summed E-state index contributed by atoms with van der Waals surface area (Å²) in [5.74, 6) is -0.554. The minimum atomic E-state index is -4.47. The highest BCUT2D eigenvalue weighted by atomic mass is 79.9. The number of carbonyl (C=O) groups excluding carboxylic acids is 1.